The number of fused-ring (bicyclic) bond motifs is 3. The van der Waals surface area contributed by atoms with Gasteiger partial charge in [-0.05, 0) is 69.3 Å². The number of benzene rings is 1. The molecule has 0 spiro atoms. The van der Waals surface area contributed by atoms with Gasteiger partial charge >= 0.3 is 0 Å². The number of hydrogen-bond donors (Lipinski definition) is 3. The minimum atomic E-state index is -2.75. The van der Waals surface area contributed by atoms with Crippen LogP contribution in [-0.2, 0) is 41.6 Å². The molecule has 1 saturated heterocycles. The molecule has 11 nitrogen and oxygen atoms in total. The average molecular weight is 555 g/mol. The third-order valence-corrected chi connectivity index (χ3v) is 9.36. The van der Waals surface area contributed by atoms with Crippen LogP contribution in [0.5, 0.6) is 5.75 Å². The van der Waals surface area contributed by atoms with Crippen molar-refractivity contribution in [3.8, 4) is 5.75 Å². The van der Waals surface area contributed by atoms with Crippen LogP contribution in [0.2, 0.25) is 0 Å². The molecule has 3 aliphatic carbocycles. The fraction of sp³-hybridized carbons (Fsp3) is 0.586. The van der Waals surface area contributed by atoms with E-state index in [1.807, 2.05) is 0 Å². The number of rotatable bonds is 6. The Labute approximate surface area is 231 Å². The molecule has 4 aliphatic rings. The zero-order valence-electron chi connectivity index (χ0n) is 22.6. The van der Waals surface area contributed by atoms with Gasteiger partial charge < -0.3 is 20.7 Å². The monoisotopic (exact) mass is 554 g/mol. The van der Waals surface area contributed by atoms with E-state index in [0.29, 0.717) is 43.6 Å². The number of aromatic hydroxyl groups is 1. The highest BCUT2D eigenvalue weighted by Gasteiger charge is 2.69. The van der Waals surface area contributed by atoms with E-state index in [1.54, 1.807) is 20.2 Å². The summed E-state index contributed by atoms with van der Waals surface area (Å²) in [6.07, 6.45) is 2.11. The predicted molar refractivity (Wildman–Crippen MR) is 138 cm³/mol. The van der Waals surface area contributed by atoms with Crippen LogP contribution >= 0.6 is 0 Å². The molecule has 5 rings (SSSR count). The van der Waals surface area contributed by atoms with Crippen molar-refractivity contribution in [1.82, 2.24) is 4.90 Å². The maximum atomic E-state index is 13.9. The van der Waals surface area contributed by atoms with Crippen molar-refractivity contribution < 1.29 is 43.7 Å². The second-order valence-corrected chi connectivity index (χ2v) is 11.7. The van der Waals surface area contributed by atoms with Crippen LogP contribution in [0.4, 0.5) is 0 Å². The first kappa shape index (κ1) is 28.3. The maximum absolute atomic E-state index is 13.9. The Morgan fingerprint density at radius 1 is 1.10 bits per heavy atom. The molecule has 0 aromatic heterocycles. The van der Waals surface area contributed by atoms with Crippen LogP contribution in [0.1, 0.15) is 47.2 Å². The number of hydrogen-bond acceptors (Lipinski definition) is 10. The highest BCUT2D eigenvalue weighted by Crippen LogP contribution is 2.51. The first-order chi connectivity index (χ1) is 18.9. The van der Waals surface area contributed by atoms with Gasteiger partial charge in [0.25, 0.3) is 0 Å². The van der Waals surface area contributed by atoms with E-state index in [0.717, 1.165) is 0 Å². The van der Waals surface area contributed by atoms with Crippen LogP contribution in [-0.4, -0.2) is 88.9 Å². The van der Waals surface area contributed by atoms with E-state index in [9.17, 15) is 39.0 Å². The number of aryl methyl sites for hydroxylation is 1. The van der Waals surface area contributed by atoms with Gasteiger partial charge in [-0.3, -0.25) is 33.7 Å². The lowest BCUT2D eigenvalue weighted by Gasteiger charge is -2.52. The van der Waals surface area contributed by atoms with Gasteiger partial charge in [-0.1, -0.05) is 6.07 Å². The van der Waals surface area contributed by atoms with Crippen LogP contribution in [0.3, 0.4) is 0 Å². The van der Waals surface area contributed by atoms with Crippen molar-refractivity contribution in [2.75, 3.05) is 27.3 Å². The predicted octanol–water partition coefficient (Wildman–Crippen LogP) is -0.205. The molecule has 4 N–H and O–H groups in total. The molecule has 40 heavy (non-hydrogen) atoms. The lowest BCUT2D eigenvalue weighted by molar-refractivity contribution is -0.181. The number of nitrogens with zero attached hydrogens (tertiary/aromatic N) is 1. The Balaban J connectivity index is 1.50. The lowest BCUT2D eigenvalue weighted by atomic mass is 9.52. The van der Waals surface area contributed by atoms with E-state index in [-0.39, 0.29) is 42.3 Å². The number of likely N-dealkylation sites (N-methyl/N-ethyl adjacent to an activating group) is 1. The number of Topliss-reactive ketones (excluding diaryl/α,β-unsaturated/α-hetero) is 5. The molecule has 2 saturated carbocycles. The molecule has 0 bridgehead atoms. The van der Waals surface area contributed by atoms with Gasteiger partial charge in [0.05, 0.1) is 17.5 Å². The SMILES string of the molecule is CN(C)[C@H]1C(=O)C(C(N)=O)C(=O)[C@]2(O)C(=O)C3C(=O)c4c(O)ccc(CCC(=O)C5CCOCC5)c4C[C@@H]3C[C@H]12. The summed E-state index contributed by atoms with van der Waals surface area (Å²) in [7, 11) is 3.08. The zero-order chi connectivity index (χ0) is 29.1. The number of ketones is 5. The quantitative estimate of drug-likeness (QED) is 0.398. The fourth-order valence-electron chi connectivity index (χ4n) is 7.38. The number of amides is 1. The Kier molecular flexibility index (Phi) is 7.26. The normalized spacial score (nSPS) is 32.5. The second kappa shape index (κ2) is 10.3. The summed E-state index contributed by atoms with van der Waals surface area (Å²) < 4.78 is 5.34. The summed E-state index contributed by atoms with van der Waals surface area (Å²) in [6.45, 7) is 1.09. The first-order valence-corrected chi connectivity index (χ1v) is 13.7. The van der Waals surface area contributed by atoms with Crippen molar-refractivity contribution in [2.45, 2.75) is 50.2 Å². The van der Waals surface area contributed by atoms with Gasteiger partial charge in [-0.25, -0.2) is 0 Å². The van der Waals surface area contributed by atoms with Crippen molar-refractivity contribution in [3.63, 3.8) is 0 Å². The molecule has 1 amide bonds. The molecule has 11 heteroatoms. The summed E-state index contributed by atoms with van der Waals surface area (Å²) in [5, 5.41) is 22.3. The topological polar surface area (TPSA) is 181 Å². The molecule has 1 heterocycles. The molecule has 214 valence electrons. The lowest BCUT2D eigenvalue weighted by Crippen LogP contribution is -2.74. The fourth-order valence-corrected chi connectivity index (χ4v) is 7.38. The molecule has 1 aromatic carbocycles. The van der Waals surface area contributed by atoms with Crippen LogP contribution in [0.15, 0.2) is 12.1 Å². The number of nitrogens with two attached hydrogens (primary N) is 1. The Morgan fingerprint density at radius 3 is 2.40 bits per heavy atom. The number of primary amides is 1. The van der Waals surface area contributed by atoms with Crippen LogP contribution in [0, 0.1) is 29.6 Å². The van der Waals surface area contributed by atoms with Crippen molar-refractivity contribution in [3.05, 3.63) is 28.8 Å². The van der Waals surface area contributed by atoms with Gasteiger partial charge in [0, 0.05) is 31.5 Å². The maximum Gasteiger partial charge on any atom is 0.235 e. The van der Waals surface area contributed by atoms with Gasteiger partial charge in [-0.15, -0.1) is 0 Å². The highest BCUT2D eigenvalue weighted by atomic mass is 16.5. The number of aliphatic hydroxyl groups is 1. The highest BCUT2D eigenvalue weighted by molar-refractivity contribution is 6.32. The van der Waals surface area contributed by atoms with Gasteiger partial charge in [0.1, 0.15) is 11.5 Å². The number of carbonyl (C=O) groups is 6. The molecule has 0 radical (unpaired) electrons. The molecule has 1 aromatic rings. The van der Waals surface area contributed by atoms with Crippen LogP contribution < -0.4 is 5.73 Å². The third kappa shape index (κ3) is 4.22. The molecule has 2 unspecified atom stereocenters. The number of ether oxygens (including phenoxy) is 1. The van der Waals surface area contributed by atoms with Crippen molar-refractivity contribution >= 4 is 34.8 Å². The van der Waals surface area contributed by atoms with E-state index in [4.69, 9.17) is 10.5 Å². The number of carbonyl (C=O) groups excluding carboxylic acids is 6. The summed E-state index contributed by atoms with van der Waals surface area (Å²) in [5.74, 6) is -10.7. The van der Waals surface area contributed by atoms with E-state index < -0.39 is 64.4 Å². The Bertz CT molecular complexity index is 1310. The summed E-state index contributed by atoms with van der Waals surface area (Å²) >= 11 is 0. The second-order valence-electron chi connectivity index (χ2n) is 11.7. The van der Waals surface area contributed by atoms with Gasteiger partial charge in [0.2, 0.25) is 5.91 Å². The van der Waals surface area contributed by atoms with Crippen molar-refractivity contribution in [1.29, 1.82) is 0 Å². The Morgan fingerprint density at radius 2 is 1.77 bits per heavy atom. The number of phenolic OH excluding ortho intramolecular Hbond substituents is 1. The molecule has 1 aliphatic heterocycles. The van der Waals surface area contributed by atoms with Crippen LogP contribution in [0.25, 0.3) is 0 Å². The largest absolute Gasteiger partial charge is 0.507 e. The standard InChI is InChI=1S/C29H34N2O9/c1-31(2)23-17-12-15-11-16-13(3-5-18(32)14-7-9-40-10-8-14)4-6-19(33)21(16)24(34)20(15)26(36)29(17,39)27(37)22(25(23)35)28(30)38/h4,6,14-15,17,20,22-23,33,39H,3,5,7-12H2,1-2H3,(H2,30,38)/t15-,17-,20?,22?,23-,29-/m1/s1. The van der Waals surface area contributed by atoms with Crippen molar-refractivity contribution in [2.24, 2.45) is 35.3 Å². The molecule has 6 atom stereocenters. The summed E-state index contributed by atoms with van der Waals surface area (Å²) in [5.41, 5.74) is 3.78. The van der Waals surface area contributed by atoms with Gasteiger partial charge in [-0.2, -0.15) is 0 Å². The zero-order valence-corrected chi connectivity index (χ0v) is 22.6. The summed E-state index contributed by atoms with van der Waals surface area (Å²) in [6, 6.07) is 1.88. The van der Waals surface area contributed by atoms with E-state index in [2.05, 4.69) is 0 Å². The minimum Gasteiger partial charge on any atom is -0.507 e. The molecular formula is C29H34N2O9. The Hall–Kier alpha value is -3.28. The average Bonchev–Trinajstić information content (AvgIpc) is 2.90. The minimum absolute atomic E-state index is 0.0139. The first-order valence-electron chi connectivity index (χ1n) is 13.7. The third-order valence-electron chi connectivity index (χ3n) is 9.36. The summed E-state index contributed by atoms with van der Waals surface area (Å²) in [4.78, 5) is 80.5. The van der Waals surface area contributed by atoms with E-state index >= 15 is 0 Å². The van der Waals surface area contributed by atoms with Gasteiger partial charge in [0.15, 0.2) is 34.7 Å². The number of phenols is 1. The molecule has 3 fully saturated rings. The van der Waals surface area contributed by atoms with E-state index in [1.165, 1.54) is 11.0 Å². The smallest absolute Gasteiger partial charge is 0.235 e. The molecular weight excluding hydrogens is 520 g/mol.